The van der Waals surface area contributed by atoms with Crippen molar-refractivity contribution in [1.29, 1.82) is 0 Å². The molecule has 0 unspecified atom stereocenters. The lowest BCUT2D eigenvalue weighted by Crippen LogP contribution is -2.06. The Labute approximate surface area is 119 Å². The molecule has 2 nitrogen and oxygen atoms in total. The van der Waals surface area contributed by atoms with Crippen LogP contribution in [0.5, 0.6) is 11.5 Å². The molecular formula is C18H18O2. The van der Waals surface area contributed by atoms with Crippen LogP contribution in [-0.4, -0.2) is 10.2 Å². The van der Waals surface area contributed by atoms with Crippen LogP contribution in [0.1, 0.15) is 23.0 Å². The molecule has 0 bridgehead atoms. The lowest BCUT2D eigenvalue weighted by atomic mass is 9.81. The van der Waals surface area contributed by atoms with Crippen LogP contribution in [0.3, 0.4) is 0 Å². The highest BCUT2D eigenvalue weighted by Gasteiger charge is 2.19. The van der Waals surface area contributed by atoms with Gasteiger partial charge in [-0.05, 0) is 35.4 Å². The molecule has 0 spiro atoms. The van der Waals surface area contributed by atoms with Gasteiger partial charge in [0.2, 0.25) is 0 Å². The molecule has 102 valence electrons. The Hall–Kier alpha value is -2.48. The van der Waals surface area contributed by atoms with E-state index in [1.54, 1.807) is 24.3 Å². The maximum Gasteiger partial charge on any atom is 0.115 e. The minimum absolute atomic E-state index is 0.0673. The van der Waals surface area contributed by atoms with Crippen molar-refractivity contribution >= 4 is 0 Å². The number of phenolic OH excluding ortho intramolecular Hbond substituents is 2. The van der Waals surface area contributed by atoms with Crippen molar-refractivity contribution in [3.63, 3.8) is 0 Å². The van der Waals surface area contributed by atoms with Gasteiger partial charge in [-0.1, -0.05) is 36.4 Å². The summed E-state index contributed by atoms with van der Waals surface area (Å²) in [7, 11) is 0. The van der Waals surface area contributed by atoms with E-state index in [4.69, 9.17) is 0 Å². The SMILES string of the molecule is C=C[C@H](c1ccc(O)cc1)[C@H](C=C)c1ccc(O)cc1. The van der Waals surface area contributed by atoms with Crippen LogP contribution in [0.25, 0.3) is 0 Å². The lowest BCUT2D eigenvalue weighted by molar-refractivity contribution is 0.474. The first kappa shape index (κ1) is 13.9. The normalized spacial score (nSPS) is 13.4. The highest BCUT2D eigenvalue weighted by atomic mass is 16.3. The van der Waals surface area contributed by atoms with Crippen LogP contribution >= 0.6 is 0 Å². The fourth-order valence-corrected chi connectivity index (χ4v) is 2.37. The molecule has 20 heavy (non-hydrogen) atoms. The average molecular weight is 266 g/mol. The van der Waals surface area contributed by atoms with E-state index in [0.29, 0.717) is 0 Å². The van der Waals surface area contributed by atoms with Crippen molar-refractivity contribution in [2.24, 2.45) is 0 Å². The molecule has 0 fully saturated rings. The van der Waals surface area contributed by atoms with Gasteiger partial charge in [-0.25, -0.2) is 0 Å². The Morgan fingerprint density at radius 3 is 1.20 bits per heavy atom. The molecule has 0 amide bonds. The molecule has 0 aliphatic rings. The van der Waals surface area contributed by atoms with Crippen molar-refractivity contribution < 1.29 is 10.2 Å². The quantitative estimate of drug-likeness (QED) is 0.790. The number of aromatic hydroxyl groups is 2. The van der Waals surface area contributed by atoms with E-state index in [0.717, 1.165) is 11.1 Å². The summed E-state index contributed by atoms with van der Waals surface area (Å²) in [5, 5.41) is 18.8. The standard InChI is InChI=1S/C18H18O2/c1-3-17(13-5-9-15(19)10-6-13)18(4-2)14-7-11-16(20)12-8-14/h3-12,17-20H,1-2H2/t17-,18-/m1/s1. The predicted octanol–water partition coefficient (Wildman–Crippen LogP) is 4.34. The van der Waals surface area contributed by atoms with Crippen molar-refractivity contribution in [2.45, 2.75) is 11.8 Å². The third-order valence-corrected chi connectivity index (χ3v) is 3.45. The van der Waals surface area contributed by atoms with Crippen molar-refractivity contribution in [2.75, 3.05) is 0 Å². The van der Waals surface area contributed by atoms with Gasteiger partial charge < -0.3 is 10.2 Å². The number of phenols is 2. The molecule has 2 rings (SSSR count). The summed E-state index contributed by atoms with van der Waals surface area (Å²) in [6.45, 7) is 7.82. The Balaban J connectivity index is 2.37. The van der Waals surface area contributed by atoms with Gasteiger partial charge in [0.25, 0.3) is 0 Å². The lowest BCUT2D eigenvalue weighted by Gasteiger charge is -2.22. The minimum Gasteiger partial charge on any atom is -0.508 e. The van der Waals surface area contributed by atoms with Gasteiger partial charge in [0.05, 0.1) is 0 Å². The molecule has 2 heteroatoms. The smallest absolute Gasteiger partial charge is 0.115 e. The molecule has 0 aliphatic carbocycles. The van der Waals surface area contributed by atoms with E-state index in [1.165, 1.54) is 0 Å². The second kappa shape index (κ2) is 6.11. The number of hydrogen-bond donors (Lipinski definition) is 2. The summed E-state index contributed by atoms with van der Waals surface area (Å²) >= 11 is 0. The van der Waals surface area contributed by atoms with Crippen LogP contribution in [-0.2, 0) is 0 Å². The molecular weight excluding hydrogens is 248 g/mol. The summed E-state index contributed by atoms with van der Waals surface area (Å²) in [5.74, 6) is 0.628. The molecule has 0 heterocycles. The first-order valence-electron chi connectivity index (χ1n) is 6.48. The summed E-state index contributed by atoms with van der Waals surface area (Å²) in [6.07, 6.45) is 3.76. The third-order valence-electron chi connectivity index (χ3n) is 3.45. The molecule has 0 radical (unpaired) electrons. The molecule has 2 N–H and O–H groups in total. The maximum atomic E-state index is 9.38. The summed E-state index contributed by atoms with van der Waals surface area (Å²) in [4.78, 5) is 0. The zero-order chi connectivity index (χ0) is 14.5. The van der Waals surface area contributed by atoms with Gasteiger partial charge in [-0.3, -0.25) is 0 Å². The number of benzene rings is 2. The predicted molar refractivity (Wildman–Crippen MR) is 82.1 cm³/mol. The van der Waals surface area contributed by atoms with Gasteiger partial charge in [0.1, 0.15) is 11.5 Å². The van der Waals surface area contributed by atoms with Gasteiger partial charge in [-0.15, -0.1) is 13.2 Å². The van der Waals surface area contributed by atoms with Gasteiger partial charge >= 0.3 is 0 Å². The Morgan fingerprint density at radius 2 is 0.950 bits per heavy atom. The Kier molecular flexibility index (Phi) is 4.26. The molecule has 2 atom stereocenters. The van der Waals surface area contributed by atoms with E-state index in [-0.39, 0.29) is 23.3 Å². The molecule has 0 aromatic heterocycles. The van der Waals surface area contributed by atoms with Gasteiger partial charge in [-0.2, -0.15) is 0 Å². The fraction of sp³-hybridized carbons (Fsp3) is 0.111. The minimum atomic E-state index is 0.0673. The van der Waals surface area contributed by atoms with Crippen molar-refractivity contribution in [3.05, 3.63) is 85.0 Å². The van der Waals surface area contributed by atoms with E-state index in [2.05, 4.69) is 13.2 Å². The monoisotopic (exact) mass is 266 g/mol. The first-order chi connectivity index (χ1) is 9.65. The largest absolute Gasteiger partial charge is 0.508 e. The van der Waals surface area contributed by atoms with Crippen molar-refractivity contribution in [1.82, 2.24) is 0 Å². The van der Waals surface area contributed by atoms with Crippen LogP contribution < -0.4 is 0 Å². The fourth-order valence-electron chi connectivity index (χ4n) is 2.37. The number of allylic oxidation sites excluding steroid dienone is 2. The van der Waals surface area contributed by atoms with Crippen LogP contribution in [0, 0.1) is 0 Å². The van der Waals surface area contributed by atoms with Crippen molar-refractivity contribution in [3.8, 4) is 11.5 Å². The summed E-state index contributed by atoms with van der Waals surface area (Å²) in [6, 6.07) is 14.2. The van der Waals surface area contributed by atoms with Gasteiger partial charge in [0, 0.05) is 11.8 Å². The Morgan fingerprint density at radius 1 is 0.650 bits per heavy atom. The number of rotatable bonds is 5. The second-order valence-electron chi connectivity index (χ2n) is 4.71. The molecule has 2 aromatic rings. The highest BCUT2D eigenvalue weighted by molar-refractivity contribution is 5.38. The van der Waals surface area contributed by atoms with Crippen LogP contribution in [0.2, 0.25) is 0 Å². The summed E-state index contributed by atoms with van der Waals surface area (Å²) in [5.41, 5.74) is 2.13. The second-order valence-corrected chi connectivity index (χ2v) is 4.71. The van der Waals surface area contributed by atoms with Gasteiger partial charge in [0.15, 0.2) is 0 Å². The average Bonchev–Trinajstić information content (AvgIpc) is 2.47. The molecule has 0 saturated carbocycles. The number of hydrogen-bond acceptors (Lipinski definition) is 2. The van der Waals surface area contributed by atoms with Crippen LogP contribution in [0.15, 0.2) is 73.8 Å². The zero-order valence-corrected chi connectivity index (χ0v) is 11.2. The Bertz CT molecular complexity index is 526. The molecule has 0 saturated heterocycles. The summed E-state index contributed by atoms with van der Waals surface area (Å²) < 4.78 is 0. The third kappa shape index (κ3) is 2.91. The maximum absolute atomic E-state index is 9.38. The molecule has 2 aromatic carbocycles. The van der Waals surface area contributed by atoms with Crippen LogP contribution in [0.4, 0.5) is 0 Å². The topological polar surface area (TPSA) is 40.5 Å². The van der Waals surface area contributed by atoms with E-state index < -0.39 is 0 Å². The first-order valence-corrected chi connectivity index (χ1v) is 6.48. The highest BCUT2D eigenvalue weighted by Crippen LogP contribution is 2.35. The van der Waals surface area contributed by atoms with E-state index in [1.807, 2.05) is 36.4 Å². The van der Waals surface area contributed by atoms with E-state index in [9.17, 15) is 10.2 Å². The molecule has 0 aliphatic heterocycles. The van der Waals surface area contributed by atoms with E-state index >= 15 is 0 Å². The zero-order valence-electron chi connectivity index (χ0n) is 11.2.